The minimum atomic E-state index is -0.707. The molecule has 1 aliphatic heterocycles. The zero-order valence-electron chi connectivity index (χ0n) is 17.6. The van der Waals surface area contributed by atoms with E-state index in [1.807, 2.05) is 36.4 Å². The van der Waals surface area contributed by atoms with Crippen LogP contribution in [0.15, 0.2) is 66.0 Å². The number of Topliss-reactive ketones (excluding diaryl/α,β-unsaturated/α-hetero) is 1. The quantitative estimate of drug-likeness (QED) is 0.376. The van der Waals surface area contributed by atoms with Gasteiger partial charge < -0.3 is 19.3 Å². The third kappa shape index (κ3) is 4.77. The highest BCUT2D eigenvalue weighted by Gasteiger charge is 2.31. The first kappa shape index (κ1) is 22.1. The molecule has 0 unspecified atom stereocenters. The predicted molar refractivity (Wildman–Crippen MR) is 118 cm³/mol. The maximum Gasteiger partial charge on any atom is 0.331 e. The van der Waals surface area contributed by atoms with Crippen LogP contribution < -0.4 is 14.5 Å². The van der Waals surface area contributed by atoms with E-state index in [4.69, 9.17) is 14.7 Å². The van der Waals surface area contributed by atoms with Crippen molar-refractivity contribution in [2.75, 3.05) is 37.1 Å². The van der Waals surface area contributed by atoms with Gasteiger partial charge in [0.1, 0.15) is 29.3 Å². The van der Waals surface area contributed by atoms with Crippen LogP contribution in [0, 0.1) is 22.7 Å². The number of hydrogen-bond donors (Lipinski definition) is 0. The van der Waals surface area contributed by atoms with Gasteiger partial charge in [0.25, 0.3) is 0 Å². The normalized spacial score (nSPS) is 12.2. The van der Waals surface area contributed by atoms with Crippen LogP contribution >= 0.6 is 0 Å². The second-order valence-electron chi connectivity index (χ2n) is 6.80. The van der Waals surface area contributed by atoms with Gasteiger partial charge in [0.2, 0.25) is 5.78 Å². The summed E-state index contributed by atoms with van der Waals surface area (Å²) in [4.78, 5) is 28.2. The number of fused-ring (bicyclic) bond motifs is 1. The standard InChI is InChI=1S/C24H20N4O4/c1-27-20-5-3-4-6-21(20)28(2)24(27)19(15-26)22(29)16-32-23(30)12-9-17-7-10-18(11-8-17)31-14-13-25/h3-12H,14,16H2,1-2H3/b12-9+. The van der Waals surface area contributed by atoms with E-state index in [1.54, 1.807) is 48.2 Å². The Balaban J connectivity index is 1.63. The van der Waals surface area contributed by atoms with Crippen molar-refractivity contribution < 1.29 is 19.1 Å². The number of carbonyl (C=O) groups excluding carboxylic acids is 2. The van der Waals surface area contributed by atoms with Gasteiger partial charge >= 0.3 is 5.97 Å². The fourth-order valence-corrected chi connectivity index (χ4v) is 3.27. The molecule has 2 aromatic rings. The summed E-state index contributed by atoms with van der Waals surface area (Å²) in [6.07, 6.45) is 2.72. The Labute approximate surface area is 185 Å². The molecule has 0 atom stereocenters. The minimum absolute atomic E-state index is 0.0476. The molecule has 0 amide bonds. The highest BCUT2D eigenvalue weighted by molar-refractivity contribution is 6.04. The molecule has 0 radical (unpaired) electrons. The fourth-order valence-electron chi connectivity index (χ4n) is 3.27. The zero-order chi connectivity index (χ0) is 23.1. The topological polar surface area (TPSA) is 107 Å². The summed E-state index contributed by atoms with van der Waals surface area (Å²) < 4.78 is 10.2. The Morgan fingerprint density at radius 2 is 1.62 bits per heavy atom. The van der Waals surface area contributed by atoms with Crippen LogP contribution in [0.1, 0.15) is 5.56 Å². The van der Waals surface area contributed by atoms with E-state index >= 15 is 0 Å². The molecule has 0 aromatic heterocycles. The van der Waals surface area contributed by atoms with Crippen molar-refractivity contribution in [3.8, 4) is 17.9 Å². The number of anilines is 2. The van der Waals surface area contributed by atoms with Gasteiger partial charge in [-0.05, 0) is 35.9 Å². The number of ketones is 1. The summed E-state index contributed by atoms with van der Waals surface area (Å²) in [5, 5.41) is 18.1. The molecule has 0 aliphatic carbocycles. The van der Waals surface area contributed by atoms with Crippen LogP contribution in [-0.2, 0) is 14.3 Å². The Morgan fingerprint density at radius 1 is 1.00 bits per heavy atom. The molecule has 0 N–H and O–H groups in total. The number of rotatable bonds is 7. The van der Waals surface area contributed by atoms with Crippen LogP contribution in [0.2, 0.25) is 0 Å². The smallest absolute Gasteiger partial charge is 0.331 e. The minimum Gasteiger partial charge on any atom is -0.479 e. The van der Waals surface area contributed by atoms with Crippen LogP contribution in [-0.4, -0.2) is 39.1 Å². The Bertz CT molecular complexity index is 1140. The summed E-state index contributed by atoms with van der Waals surface area (Å²) >= 11 is 0. The van der Waals surface area contributed by atoms with E-state index in [0.29, 0.717) is 17.1 Å². The summed E-state index contributed by atoms with van der Waals surface area (Å²) in [7, 11) is 3.54. The van der Waals surface area contributed by atoms with Crippen molar-refractivity contribution in [3.63, 3.8) is 0 Å². The second kappa shape index (κ2) is 9.96. The van der Waals surface area contributed by atoms with Crippen molar-refractivity contribution in [3.05, 3.63) is 71.6 Å². The molecular formula is C24H20N4O4. The Morgan fingerprint density at radius 3 is 2.19 bits per heavy atom. The number of esters is 1. The van der Waals surface area contributed by atoms with E-state index in [0.717, 1.165) is 11.4 Å². The average molecular weight is 428 g/mol. The fraction of sp³-hybridized carbons (Fsp3) is 0.167. The molecule has 1 aliphatic rings. The van der Waals surface area contributed by atoms with Crippen LogP contribution in [0.4, 0.5) is 11.4 Å². The summed E-state index contributed by atoms with van der Waals surface area (Å²) in [6, 6.07) is 18.1. The third-order valence-electron chi connectivity index (χ3n) is 4.79. The molecule has 0 bridgehead atoms. The summed E-state index contributed by atoms with van der Waals surface area (Å²) in [6.45, 7) is -0.595. The lowest BCUT2D eigenvalue weighted by Crippen LogP contribution is -2.27. The number of carbonyl (C=O) groups is 2. The van der Waals surface area contributed by atoms with E-state index < -0.39 is 18.4 Å². The zero-order valence-corrected chi connectivity index (χ0v) is 17.6. The van der Waals surface area contributed by atoms with Crippen molar-refractivity contribution in [2.45, 2.75) is 0 Å². The van der Waals surface area contributed by atoms with Gasteiger partial charge in [-0.2, -0.15) is 10.5 Å². The van der Waals surface area contributed by atoms with E-state index in [-0.39, 0.29) is 12.2 Å². The van der Waals surface area contributed by atoms with E-state index in [1.165, 1.54) is 12.2 Å². The van der Waals surface area contributed by atoms with Gasteiger partial charge in [0, 0.05) is 20.2 Å². The van der Waals surface area contributed by atoms with Crippen LogP contribution in [0.3, 0.4) is 0 Å². The second-order valence-corrected chi connectivity index (χ2v) is 6.80. The molecule has 0 fully saturated rings. The molecule has 8 nitrogen and oxygen atoms in total. The summed E-state index contributed by atoms with van der Waals surface area (Å²) in [5.74, 6) is -0.321. The average Bonchev–Trinajstić information content (AvgIpc) is 3.06. The van der Waals surface area contributed by atoms with Crippen molar-refractivity contribution in [1.82, 2.24) is 0 Å². The molecule has 3 rings (SSSR count). The summed E-state index contributed by atoms with van der Waals surface area (Å²) in [5.41, 5.74) is 2.37. The van der Waals surface area contributed by atoms with Crippen LogP contribution in [0.5, 0.6) is 5.75 Å². The highest BCUT2D eigenvalue weighted by atomic mass is 16.5. The van der Waals surface area contributed by atoms with Gasteiger partial charge in [0.15, 0.2) is 13.2 Å². The van der Waals surface area contributed by atoms with Gasteiger partial charge in [-0.3, -0.25) is 4.79 Å². The molecule has 0 spiro atoms. The Kier molecular flexibility index (Phi) is 6.89. The maximum absolute atomic E-state index is 12.6. The van der Waals surface area contributed by atoms with E-state index in [2.05, 4.69) is 0 Å². The molecular weight excluding hydrogens is 408 g/mol. The van der Waals surface area contributed by atoms with Gasteiger partial charge in [-0.25, -0.2) is 4.79 Å². The SMILES string of the molecule is CN1C(=C(C#N)C(=O)COC(=O)/C=C/c2ccc(OCC#N)cc2)N(C)c2ccccc21. The lowest BCUT2D eigenvalue weighted by atomic mass is 10.2. The van der Waals surface area contributed by atoms with Gasteiger partial charge in [-0.15, -0.1) is 0 Å². The molecule has 0 saturated carbocycles. The first-order valence-electron chi connectivity index (χ1n) is 9.65. The van der Waals surface area contributed by atoms with Crippen LogP contribution in [0.25, 0.3) is 6.08 Å². The lowest BCUT2D eigenvalue weighted by Gasteiger charge is -2.19. The number of para-hydroxylation sites is 2. The molecule has 2 aromatic carbocycles. The first-order chi connectivity index (χ1) is 15.5. The maximum atomic E-state index is 12.6. The van der Waals surface area contributed by atoms with E-state index in [9.17, 15) is 14.9 Å². The highest BCUT2D eigenvalue weighted by Crippen LogP contribution is 2.40. The van der Waals surface area contributed by atoms with Crippen molar-refractivity contribution in [2.24, 2.45) is 0 Å². The number of nitrogens with zero attached hydrogens (tertiary/aromatic N) is 4. The number of hydrogen-bond acceptors (Lipinski definition) is 8. The number of ether oxygens (including phenoxy) is 2. The van der Waals surface area contributed by atoms with Crippen molar-refractivity contribution >= 4 is 29.2 Å². The largest absolute Gasteiger partial charge is 0.479 e. The molecule has 32 heavy (non-hydrogen) atoms. The Hall–Kier alpha value is -4.56. The number of benzene rings is 2. The monoisotopic (exact) mass is 428 g/mol. The molecule has 8 heteroatoms. The lowest BCUT2D eigenvalue weighted by molar-refractivity contribution is -0.141. The molecule has 1 heterocycles. The first-order valence-corrected chi connectivity index (χ1v) is 9.65. The van der Waals surface area contributed by atoms with Crippen molar-refractivity contribution in [1.29, 1.82) is 10.5 Å². The van der Waals surface area contributed by atoms with Gasteiger partial charge in [-0.1, -0.05) is 24.3 Å². The molecule has 0 saturated heterocycles. The predicted octanol–water partition coefficient (Wildman–Crippen LogP) is 3.04. The van der Waals surface area contributed by atoms with Gasteiger partial charge in [0.05, 0.1) is 11.4 Å². The molecule has 160 valence electrons. The third-order valence-corrected chi connectivity index (χ3v) is 4.79. The number of nitriles is 2.